The molecule has 1 atom stereocenters. The van der Waals surface area contributed by atoms with Gasteiger partial charge in [-0.1, -0.05) is 29.8 Å². The van der Waals surface area contributed by atoms with Gasteiger partial charge in [0.1, 0.15) is 5.75 Å². The number of aryl methyl sites for hydroxylation is 2. The zero-order valence-electron chi connectivity index (χ0n) is 11.7. The molecule has 0 saturated carbocycles. The molecule has 0 aromatic heterocycles. The minimum atomic E-state index is 0.479. The van der Waals surface area contributed by atoms with Crippen LogP contribution in [0.3, 0.4) is 0 Å². The number of hydrogen-bond donors (Lipinski definition) is 0. The maximum Gasteiger partial charge on any atom is 0.119 e. The van der Waals surface area contributed by atoms with Gasteiger partial charge in [0, 0.05) is 21.6 Å². The minimum Gasteiger partial charge on any atom is -0.493 e. The predicted molar refractivity (Wildman–Crippen MR) is 86.3 cm³/mol. The quantitative estimate of drug-likeness (QED) is 0.768. The van der Waals surface area contributed by atoms with Crippen LogP contribution in [0.1, 0.15) is 22.6 Å². The van der Waals surface area contributed by atoms with Gasteiger partial charge < -0.3 is 4.74 Å². The van der Waals surface area contributed by atoms with Gasteiger partial charge in [-0.3, -0.25) is 0 Å². The van der Waals surface area contributed by atoms with Crippen molar-refractivity contribution in [2.75, 3.05) is 12.4 Å². The molecule has 1 aliphatic heterocycles. The molecular formula is C17H17ClOS. The Kier molecular flexibility index (Phi) is 3.95. The molecule has 0 saturated heterocycles. The van der Waals surface area contributed by atoms with Crippen molar-refractivity contribution < 1.29 is 4.74 Å². The summed E-state index contributed by atoms with van der Waals surface area (Å²) >= 11 is 8.10. The lowest BCUT2D eigenvalue weighted by molar-refractivity contribution is 0.297. The minimum absolute atomic E-state index is 0.479. The average molecular weight is 305 g/mol. The number of benzene rings is 2. The number of hydrogen-bond acceptors (Lipinski definition) is 2. The molecule has 0 fully saturated rings. The Morgan fingerprint density at radius 2 is 1.90 bits per heavy atom. The summed E-state index contributed by atoms with van der Waals surface area (Å²) in [6, 6.07) is 12.6. The summed E-state index contributed by atoms with van der Waals surface area (Å²) in [5.74, 6) is 2.50. The van der Waals surface area contributed by atoms with E-state index in [0.717, 1.165) is 34.3 Å². The molecule has 0 aliphatic carbocycles. The van der Waals surface area contributed by atoms with Crippen LogP contribution in [0.15, 0.2) is 41.3 Å². The van der Waals surface area contributed by atoms with Crippen LogP contribution >= 0.6 is 23.4 Å². The lowest BCUT2D eigenvalue weighted by Crippen LogP contribution is -2.10. The summed E-state index contributed by atoms with van der Waals surface area (Å²) in [6.07, 6.45) is 0. The molecule has 1 unspecified atom stereocenters. The van der Waals surface area contributed by atoms with Crippen LogP contribution in [0.25, 0.3) is 0 Å². The van der Waals surface area contributed by atoms with Gasteiger partial charge in [-0.15, -0.1) is 11.8 Å². The zero-order chi connectivity index (χ0) is 14.1. The van der Waals surface area contributed by atoms with Gasteiger partial charge in [0.25, 0.3) is 0 Å². The van der Waals surface area contributed by atoms with Crippen molar-refractivity contribution in [3.05, 3.63) is 58.1 Å². The van der Waals surface area contributed by atoms with Crippen LogP contribution in [0, 0.1) is 13.8 Å². The number of rotatable bonds is 3. The van der Waals surface area contributed by atoms with E-state index in [4.69, 9.17) is 16.3 Å². The van der Waals surface area contributed by atoms with Crippen molar-refractivity contribution >= 4 is 23.4 Å². The summed E-state index contributed by atoms with van der Waals surface area (Å²) in [5.41, 5.74) is 3.56. The third-order valence-electron chi connectivity index (χ3n) is 3.66. The fourth-order valence-electron chi connectivity index (χ4n) is 2.55. The van der Waals surface area contributed by atoms with Crippen LogP contribution in [-0.4, -0.2) is 12.4 Å². The van der Waals surface area contributed by atoms with Crippen LogP contribution in [0.4, 0.5) is 0 Å². The molecule has 1 aliphatic rings. The van der Waals surface area contributed by atoms with Crippen molar-refractivity contribution in [2.24, 2.45) is 0 Å². The lowest BCUT2D eigenvalue weighted by atomic mass is 10.0. The lowest BCUT2D eigenvalue weighted by Gasteiger charge is -2.14. The highest BCUT2D eigenvalue weighted by Crippen LogP contribution is 2.39. The maximum absolute atomic E-state index is 6.18. The molecular weight excluding hydrogens is 288 g/mol. The first kappa shape index (κ1) is 13.8. The first-order chi connectivity index (χ1) is 9.65. The van der Waals surface area contributed by atoms with Crippen molar-refractivity contribution in [1.29, 1.82) is 0 Å². The van der Waals surface area contributed by atoms with Gasteiger partial charge in [-0.25, -0.2) is 0 Å². The first-order valence-electron chi connectivity index (χ1n) is 6.76. The van der Waals surface area contributed by atoms with E-state index in [1.807, 2.05) is 37.7 Å². The number of fused-ring (bicyclic) bond motifs is 1. The normalized spacial score (nSPS) is 17.1. The van der Waals surface area contributed by atoms with Crippen LogP contribution in [-0.2, 0) is 0 Å². The third-order valence-corrected chi connectivity index (χ3v) is 5.51. The predicted octanol–water partition coefficient (Wildman–Crippen LogP) is 5.23. The summed E-state index contributed by atoms with van der Waals surface area (Å²) in [7, 11) is 0. The van der Waals surface area contributed by atoms with Gasteiger partial charge in [-0.05, 0) is 48.7 Å². The summed E-state index contributed by atoms with van der Waals surface area (Å²) in [4.78, 5) is 1.39. The van der Waals surface area contributed by atoms with Gasteiger partial charge in [0.15, 0.2) is 0 Å². The van der Waals surface area contributed by atoms with Crippen molar-refractivity contribution in [3.63, 3.8) is 0 Å². The monoisotopic (exact) mass is 304 g/mol. The molecule has 20 heavy (non-hydrogen) atoms. The van der Waals surface area contributed by atoms with E-state index in [1.54, 1.807) is 0 Å². The van der Waals surface area contributed by atoms with Crippen LogP contribution in [0.2, 0.25) is 5.02 Å². The fourth-order valence-corrected chi connectivity index (χ4v) is 3.90. The summed E-state index contributed by atoms with van der Waals surface area (Å²) in [6.45, 7) is 4.76. The molecule has 3 rings (SSSR count). The summed E-state index contributed by atoms with van der Waals surface area (Å²) < 4.78 is 5.99. The topological polar surface area (TPSA) is 9.23 Å². The molecule has 1 nitrogen and oxygen atoms in total. The molecule has 2 aromatic carbocycles. The fraction of sp³-hybridized carbons (Fsp3) is 0.294. The Morgan fingerprint density at radius 3 is 2.65 bits per heavy atom. The second-order valence-electron chi connectivity index (χ2n) is 5.23. The molecule has 3 heteroatoms. The highest BCUT2D eigenvalue weighted by Gasteiger charge is 2.23. The SMILES string of the molecule is Cc1cc(OCC2CSc3ccccc32)cc(C)c1Cl. The highest BCUT2D eigenvalue weighted by atomic mass is 35.5. The molecule has 0 bridgehead atoms. The second-order valence-corrected chi connectivity index (χ2v) is 6.67. The molecule has 0 spiro atoms. The van der Waals surface area contributed by atoms with Crippen molar-refractivity contribution in [3.8, 4) is 5.75 Å². The average Bonchev–Trinajstić information content (AvgIpc) is 2.85. The third kappa shape index (κ3) is 2.68. The highest BCUT2D eigenvalue weighted by molar-refractivity contribution is 7.99. The van der Waals surface area contributed by atoms with E-state index < -0.39 is 0 Å². The standard InChI is InChI=1S/C17H17ClOS/c1-11-7-14(8-12(2)17(11)18)19-9-13-10-20-16-6-4-3-5-15(13)16/h3-8,13H,9-10H2,1-2H3. The first-order valence-corrected chi connectivity index (χ1v) is 8.13. The van der Waals surface area contributed by atoms with Gasteiger partial charge in [0.2, 0.25) is 0 Å². The molecule has 1 heterocycles. The smallest absolute Gasteiger partial charge is 0.119 e. The van der Waals surface area contributed by atoms with E-state index in [9.17, 15) is 0 Å². The molecule has 104 valence electrons. The van der Waals surface area contributed by atoms with Crippen molar-refractivity contribution in [1.82, 2.24) is 0 Å². The van der Waals surface area contributed by atoms with Crippen LogP contribution < -0.4 is 4.74 Å². The van der Waals surface area contributed by atoms with Crippen LogP contribution in [0.5, 0.6) is 5.75 Å². The molecule has 0 amide bonds. The van der Waals surface area contributed by atoms with Gasteiger partial charge >= 0.3 is 0 Å². The van der Waals surface area contributed by atoms with E-state index in [0.29, 0.717) is 5.92 Å². The van der Waals surface area contributed by atoms with E-state index in [2.05, 4.69) is 24.3 Å². The Labute approximate surface area is 129 Å². The Hall–Kier alpha value is -1.12. The van der Waals surface area contributed by atoms with Crippen molar-refractivity contribution in [2.45, 2.75) is 24.7 Å². The van der Waals surface area contributed by atoms with E-state index >= 15 is 0 Å². The molecule has 2 aromatic rings. The largest absolute Gasteiger partial charge is 0.493 e. The zero-order valence-corrected chi connectivity index (χ0v) is 13.2. The molecule has 0 radical (unpaired) electrons. The van der Waals surface area contributed by atoms with Gasteiger partial charge in [-0.2, -0.15) is 0 Å². The van der Waals surface area contributed by atoms with Gasteiger partial charge in [0.05, 0.1) is 6.61 Å². The molecule has 0 N–H and O–H groups in total. The Balaban J connectivity index is 1.72. The number of thioether (sulfide) groups is 1. The number of ether oxygens (including phenoxy) is 1. The number of halogens is 1. The summed E-state index contributed by atoms with van der Waals surface area (Å²) in [5, 5.41) is 0.833. The van der Waals surface area contributed by atoms with E-state index in [-0.39, 0.29) is 0 Å². The Morgan fingerprint density at radius 1 is 1.20 bits per heavy atom. The maximum atomic E-state index is 6.18. The second kappa shape index (κ2) is 5.71. The Bertz CT molecular complexity index is 616. The van der Waals surface area contributed by atoms with E-state index in [1.165, 1.54) is 10.5 Å².